The number of anilines is 1. The molecule has 0 spiro atoms. The number of carboxylic acid groups (broad SMARTS) is 1. The number of carbonyl (C=O) groups is 1. The van der Waals surface area contributed by atoms with Crippen molar-refractivity contribution in [3.05, 3.63) is 64.5 Å². The smallest absolute Gasteiger partial charge is 0.261 e. The number of sulfonamides is 1. The molecule has 0 atom stereocenters. The Morgan fingerprint density at radius 3 is 2.60 bits per heavy atom. The fraction of sp³-hybridized carbons (Fsp3) is 0.0588. The van der Waals surface area contributed by atoms with Crippen molar-refractivity contribution in [2.45, 2.75) is 11.8 Å². The Labute approximate surface area is 148 Å². The van der Waals surface area contributed by atoms with Crippen LogP contribution in [-0.4, -0.2) is 19.4 Å². The molecule has 0 aliphatic carbocycles. The Kier molecular flexibility index (Phi) is 4.56. The Balaban J connectivity index is 1.91. The first-order valence-corrected chi connectivity index (χ1v) is 9.58. The quantitative estimate of drug-likeness (QED) is 0.740. The molecule has 3 rings (SSSR count). The number of benzene rings is 2. The van der Waals surface area contributed by atoms with Gasteiger partial charge in [0.2, 0.25) is 0 Å². The van der Waals surface area contributed by atoms with Crippen molar-refractivity contribution in [1.29, 1.82) is 0 Å². The van der Waals surface area contributed by atoms with Gasteiger partial charge in [-0.3, -0.25) is 4.72 Å². The third-order valence-electron chi connectivity index (χ3n) is 3.41. The van der Waals surface area contributed by atoms with Gasteiger partial charge in [0.05, 0.1) is 21.6 Å². The van der Waals surface area contributed by atoms with E-state index in [2.05, 4.69) is 9.71 Å². The van der Waals surface area contributed by atoms with E-state index in [9.17, 15) is 18.3 Å². The van der Waals surface area contributed by atoms with Crippen molar-refractivity contribution in [2.24, 2.45) is 0 Å². The SMILES string of the molecule is Cc1nc(-c2cccc(NS(=O)(=O)c3cccc(C(=O)[O-])c3)c2)cs1. The minimum Gasteiger partial charge on any atom is -0.545 e. The fourth-order valence-electron chi connectivity index (χ4n) is 2.24. The van der Waals surface area contributed by atoms with Crippen LogP contribution in [0.1, 0.15) is 15.4 Å². The summed E-state index contributed by atoms with van der Waals surface area (Å²) in [6.45, 7) is 1.89. The molecule has 1 aromatic heterocycles. The molecule has 0 aliphatic rings. The summed E-state index contributed by atoms with van der Waals surface area (Å²) in [5.74, 6) is -1.43. The highest BCUT2D eigenvalue weighted by atomic mass is 32.2. The lowest BCUT2D eigenvalue weighted by atomic mass is 10.1. The van der Waals surface area contributed by atoms with Crippen LogP contribution in [0.2, 0.25) is 0 Å². The summed E-state index contributed by atoms with van der Waals surface area (Å²) in [6, 6.07) is 11.9. The van der Waals surface area contributed by atoms with E-state index < -0.39 is 16.0 Å². The van der Waals surface area contributed by atoms with Gasteiger partial charge in [0.1, 0.15) is 0 Å². The van der Waals surface area contributed by atoms with E-state index in [0.717, 1.165) is 22.3 Å². The highest BCUT2D eigenvalue weighted by Gasteiger charge is 2.15. The zero-order valence-corrected chi connectivity index (χ0v) is 14.7. The molecule has 6 nitrogen and oxygen atoms in total. The number of carboxylic acids is 1. The molecule has 2 aromatic carbocycles. The standard InChI is InChI=1S/C17H14N2O4S2/c1-11-18-16(10-24-11)12-4-2-6-14(8-12)19-25(22,23)15-7-3-5-13(9-15)17(20)21/h2-10,19H,1H3,(H,20,21)/p-1. The van der Waals surface area contributed by atoms with Gasteiger partial charge in [-0.2, -0.15) is 0 Å². The normalized spacial score (nSPS) is 11.2. The first kappa shape index (κ1) is 17.1. The van der Waals surface area contributed by atoms with Crippen molar-refractivity contribution in [3.8, 4) is 11.3 Å². The molecule has 8 heteroatoms. The molecule has 0 amide bonds. The van der Waals surface area contributed by atoms with Crippen LogP contribution < -0.4 is 9.83 Å². The lowest BCUT2D eigenvalue weighted by molar-refractivity contribution is -0.255. The van der Waals surface area contributed by atoms with Crippen molar-refractivity contribution < 1.29 is 18.3 Å². The molecule has 0 aliphatic heterocycles. The van der Waals surface area contributed by atoms with Crippen LogP contribution in [0, 0.1) is 6.92 Å². The molecular weight excluding hydrogens is 360 g/mol. The Hall–Kier alpha value is -2.71. The molecule has 0 unspecified atom stereocenters. The molecule has 0 radical (unpaired) electrons. The van der Waals surface area contributed by atoms with Gasteiger partial charge in [0, 0.05) is 16.6 Å². The molecule has 0 saturated heterocycles. The maximum Gasteiger partial charge on any atom is 0.261 e. The van der Waals surface area contributed by atoms with Crippen LogP contribution in [0.5, 0.6) is 0 Å². The number of rotatable bonds is 5. The zero-order chi connectivity index (χ0) is 18.0. The summed E-state index contributed by atoms with van der Waals surface area (Å²) >= 11 is 1.51. The molecule has 0 fully saturated rings. The number of thiazole rings is 1. The van der Waals surface area contributed by atoms with Gasteiger partial charge in [-0.05, 0) is 36.8 Å². The van der Waals surface area contributed by atoms with Gasteiger partial charge in [0.15, 0.2) is 0 Å². The van der Waals surface area contributed by atoms with Gasteiger partial charge in [-0.15, -0.1) is 11.3 Å². The average Bonchev–Trinajstić information content (AvgIpc) is 3.01. The molecule has 0 bridgehead atoms. The van der Waals surface area contributed by atoms with Gasteiger partial charge in [-0.1, -0.05) is 24.3 Å². The third-order valence-corrected chi connectivity index (χ3v) is 5.56. The van der Waals surface area contributed by atoms with E-state index in [1.54, 1.807) is 18.2 Å². The third kappa shape index (κ3) is 3.86. The summed E-state index contributed by atoms with van der Waals surface area (Å²) < 4.78 is 27.4. The predicted molar refractivity (Wildman–Crippen MR) is 93.9 cm³/mol. The highest BCUT2D eigenvalue weighted by molar-refractivity contribution is 7.92. The number of aromatic nitrogens is 1. The number of hydrogen-bond acceptors (Lipinski definition) is 6. The summed E-state index contributed by atoms with van der Waals surface area (Å²) in [4.78, 5) is 15.1. The van der Waals surface area contributed by atoms with Crippen LogP contribution in [0.25, 0.3) is 11.3 Å². The van der Waals surface area contributed by atoms with Crippen LogP contribution in [0.4, 0.5) is 5.69 Å². The minimum absolute atomic E-state index is 0.149. The highest BCUT2D eigenvalue weighted by Crippen LogP contribution is 2.25. The number of carbonyl (C=O) groups excluding carboxylic acids is 1. The predicted octanol–water partition coefficient (Wildman–Crippen LogP) is 2.28. The lowest BCUT2D eigenvalue weighted by Gasteiger charge is -2.10. The zero-order valence-electron chi connectivity index (χ0n) is 13.1. The molecule has 1 heterocycles. The number of nitrogens with zero attached hydrogens (tertiary/aromatic N) is 1. The minimum atomic E-state index is -3.92. The summed E-state index contributed by atoms with van der Waals surface area (Å²) in [6.07, 6.45) is 0. The fourth-order valence-corrected chi connectivity index (χ4v) is 3.96. The topological polar surface area (TPSA) is 99.2 Å². The van der Waals surface area contributed by atoms with Crippen LogP contribution in [0.3, 0.4) is 0 Å². The second-order valence-corrected chi connectivity index (χ2v) is 8.00. The second kappa shape index (κ2) is 6.66. The van der Waals surface area contributed by atoms with E-state index in [1.807, 2.05) is 18.4 Å². The van der Waals surface area contributed by atoms with E-state index in [0.29, 0.717) is 5.69 Å². The second-order valence-electron chi connectivity index (χ2n) is 5.25. The van der Waals surface area contributed by atoms with Crippen molar-refractivity contribution in [2.75, 3.05) is 4.72 Å². The number of hydrogen-bond donors (Lipinski definition) is 1. The van der Waals surface area contributed by atoms with Crippen molar-refractivity contribution in [3.63, 3.8) is 0 Å². The largest absolute Gasteiger partial charge is 0.545 e. The Morgan fingerprint density at radius 1 is 1.16 bits per heavy atom. The van der Waals surface area contributed by atoms with Crippen molar-refractivity contribution in [1.82, 2.24) is 4.98 Å². The van der Waals surface area contributed by atoms with Crippen LogP contribution in [-0.2, 0) is 10.0 Å². The first-order chi connectivity index (χ1) is 11.8. The average molecular weight is 373 g/mol. The summed E-state index contributed by atoms with van der Waals surface area (Å²) in [5, 5.41) is 13.7. The maximum absolute atomic E-state index is 12.5. The Bertz CT molecular complexity index is 1040. The van der Waals surface area contributed by atoms with E-state index in [1.165, 1.54) is 29.5 Å². The van der Waals surface area contributed by atoms with Gasteiger partial charge in [-0.25, -0.2) is 13.4 Å². The molecule has 128 valence electrons. The molecule has 25 heavy (non-hydrogen) atoms. The molecular formula is C17H13N2O4S2-. The summed E-state index contributed by atoms with van der Waals surface area (Å²) in [7, 11) is -3.92. The van der Waals surface area contributed by atoms with E-state index in [-0.39, 0.29) is 10.5 Å². The molecule has 1 N–H and O–H groups in total. The van der Waals surface area contributed by atoms with Gasteiger partial charge < -0.3 is 9.90 Å². The monoisotopic (exact) mass is 373 g/mol. The first-order valence-electron chi connectivity index (χ1n) is 7.22. The van der Waals surface area contributed by atoms with Crippen molar-refractivity contribution >= 4 is 33.0 Å². The Morgan fingerprint density at radius 2 is 1.92 bits per heavy atom. The molecule has 3 aromatic rings. The molecule has 0 saturated carbocycles. The van der Waals surface area contributed by atoms with Gasteiger partial charge in [0.25, 0.3) is 10.0 Å². The number of aromatic carboxylic acids is 1. The number of nitrogens with one attached hydrogen (secondary N) is 1. The van der Waals surface area contributed by atoms with Crippen LogP contribution in [0.15, 0.2) is 58.8 Å². The van der Waals surface area contributed by atoms with E-state index in [4.69, 9.17) is 0 Å². The van der Waals surface area contributed by atoms with E-state index >= 15 is 0 Å². The van der Waals surface area contributed by atoms with Crippen LogP contribution >= 0.6 is 11.3 Å². The van der Waals surface area contributed by atoms with Gasteiger partial charge >= 0.3 is 0 Å². The number of aryl methyl sites for hydroxylation is 1. The summed E-state index contributed by atoms with van der Waals surface area (Å²) in [5.41, 5.74) is 1.71. The maximum atomic E-state index is 12.5. The lowest BCUT2D eigenvalue weighted by Crippen LogP contribution is -2.23.